The van der Waals surface area contributed by atoms with Crippen molar-refractivity contribution in [1.29, 1.82) is 0 Å². The maximum atomic E-state index is 11.7. The van der Waals surface area contributed by atoms with Gasteiger partial charge in [0, 0.05) is 12.4 Å². The molecule has 0 atom stereocenters. The molecular formula is C10H15N3O2. The minimum absolute atomic E-state index is 0.190. The molecule has 0 saturated heterocycles. The van der Waals surface area contributed by atoms with Crippen molar-refractivity contribution < 1.29 is 9.63 Å². The van der Waals surface area contributed by atoms with Gasteiger partial charge in [-0.05, 0) is 26.0 Å². The van der Waals surface area contributed by atoms with E-state index in [-0.39, 0.29) is 12.5 Å². The van der Waals surface area contributed by atoms with Crippen molar-refractivity contribution >= 4 is 5.91 Å². The first-order chi connectivity index (χ1) is 7.05. The van der Waals surface area contributed by atoms with Gasteiger partial charge in [0.25, 0.3) is 5.91 Å². The molecule has 0 aliphatic carbocycles. The van der Waals surface area contributed by atoms with Gasteiger partial charge >= 0.3 is 0 Å². The van der Waals surface area contributed by atoms with Crippen molar-refractivity contribution in [2.75, 3.05) is 6.61 Å². The third kappa shape index (κ3) is 3.65. The van der Waals surface area contributed by atoms with E-state index in [1.807, 2.05) is 13.8 Å². The van der Waals surface area contributed by atoms with Crippen LogP contribution in [-0.4, -0.2) is 23.0 Å². The highest BCUT2D eigenvalue weighted by molar-refractivity contribution is 5.94. The Hall–Kier alpha value is -1.46. The zero-order chi connectivity index (χ0) is 11.3. The summed E-state index contributed by atoms with van der Waals surface area (Å²) in [7, 11) is 0. The smallest absolute Gasteiger partial charge is 0.253 e. The molecule has 1 amide bonds. The van der Waals surface area contributed by atoms with Crippen LogP contribution >= 0.6 is 0 Å². The van der Waals surface area contributed by atoms with Crippen LogP contribution in [0.1, 0.15) is 24.2 Å². The highest BCUT2D eigenvalue weighted by atomic mass is 16.6. The molecular weight excluding hydrogens is 194 g/mol. The summed E-state index contributed by atoms with van der Waals surface area (Å²) in [4.78, 5) is 20.1. The minimum atomic E-state index is -0.498. The largest absolute Gasteiger partial charge is 0.345 e. The summed E-state index contributed by atoms with van der Waals surface area (Å²) in [6.45, 7) is 3.90. The molecule has 15 heavy (non-hydrogen) atoms. The third-order valence-corrected chi connectivity index (χ3v) is 1.82. The van der Waals surface area contributed by atoms with E-state index < -0.39 is 5.54 Å². The maximum Gasteiger partial charge on any atom is 0.253 e. The summed E-state index contributed by atoms with van der Waals surface area (Å²) in [6.07, 6.45) is 3.12. The van der Waals surface area contributed by atoms with Crippen LogP contribution in [0.4, 0.5) is 0 Å². The molecule has 0 bridgehead atoms. The number of aromatic nitrogens is 1. The zero-order valence-corrected chi connectivity index (χ0v) is 8.86. The van der Waals surface area contributed by atoms with Crippen LogP contribution in [0.2, 0.25) is 0 Å². The topological polar surface area (TPSA) is 77.2 Å². The van der Waals surface area contributed by atoms with Gasteiger partial charge in [-0.2, -0.15) is 0 Å². The van der Waals surface area contributed by atoms with Gasteiger partial charge in [0.2, 0.25) is 0 Å². The number of rotatable bonds is 4. The summed E-state index contributed by atoms with van der Waals surface area (Å²) in [5.41, 5.74) is 0.0180. The molecule has 82 valence electrons. The molecule has 0 saturated carbocycles. The van der Waals surface area contributed by atoms with Gasteiger partial charge in [-0.25, -0.2) is 5.90 Å². The van der Waals surface area contributed by atoms with Crippen LogP contribution in [0.3, 0.4) is 0 Å². The molecule has 1 rings (SSSR count). The molecule has 0 spiro atoms. The van der Waals surface area contributed by atoms with E-state index in [1.165, 1.54) is 6.20 Å². The number of amides is 1. The van der Waals surface area contributed by atoms with E-state index in [0.29, 0.717) is 5.56 Å². The third-order valence-electron chi connectivity index (χ3n) is 1.82. The highest BCUT2D eigenvalue weighted by Crippen LogP contribution is 2.04. The van der Waals surface area contributed by atoms with Crippen LogP contribution < -0.4 is 11.2 Å². The lowest BCUT2D eigenvalue weighted by Crippen LogP contribution is -2.47. The Morgan fingerprint density at radius 2 is 2.40 bits per heavy atom. The van der Waals surface area contributed by atoms with E-state index in [0.717, 1.165) is 0 Å². The van der Waals surface area contributed by atoms with E-state index in [9.17, 15) is 4.79 Å². The van der Waals surface area contributed by atoms with Crippen LogP contribution in [0, 0.1) is 0 Å². The Morgan fingerprint density at radius 3 is 2.93 bits per heavy atom. The standard InChI is InChI=1S/C10H15N3O2/c1-10(2,7-15-11)13-9(14)8-4-3-5-12-6-8/h3-6H,7,11H2,1-2H3,(H,13,14). The van der Waals surface area contributed by atoms with E-state index in [1.54, 1.807) is 18.3 Å². The molecule has 0 fully saturated rings. The molecule has 0 radical (unpaired) electrons. The summed E-state index contributed by atoms with van der Waals surface area (Å²) in [5, 5.41) is 2.79. The Balaban J connectivity index is 2.64. The summed E-state index contributed by atoms with van der Waals surface area (Å²) in [5.74, 6) is 4.78. The second-order valence-electron chi connectivity index (χ2n) is 3.89. The Morgan fingerprint density at radius 1 is 1.67 bits per heavy atom. The molecule has 0 unspecified atom stereocenters. The first kappa shape index (κ1) is 11.6. The lowest BCUT2D eigenvalue weighted by Gasteiger charge is -2.24. The SMILES string of the molecule is CC(C)(CON)NC(=O)c1cccnc1. The van der Waals surface area contributed by atoms with E-state index in [4.69, 9.17) is 5.90 Å². The van der Waals surface area contributed by atoms with Crippen molar-refractivity contribution in [2.24, 2.45) is 5.90 Å². The summed E-state index contributed by atoms with van der Waals surface area (Å²) < 4.78 is 0. The van der Waals surface area contributed by atoms with Crippen LogP contribution in [0.5, 0.6) is 0 Å². The van der Waals surface area contributed by atoms with Gasteiger partial charge in [0.15, 0.2) is 0 Å². The van der Waals surface area contributed by atoms with Crippen LogP contribution in [-0.2, 0) is 4.84 Å². The number of hydrogen-bond acceptors (Lipinski definition) is 4. The fourth-order valence-electron chi connectivity index (χ4n) is 1.12. The van der Waals surface area contributed by atoms with Crippen molar-refractivity contribution in [3.8, 4) is 0 Å². The Labute approximate surface area is 88.6 Å². The number of carbonyl (C=O) groups excluding carboxylic acids is 1. The minimum Gasteiger partial charge on any atom is -0.345 e. The van der Waals surface area contributed by atoms with Gasteiger partial charge in [-0.15, -0.1) is 0 Å². The van der Waals surface area contributed by atoms with Gasteiger partial charge in [-0.3, -0.25) is 9.78 Å². The average molecular weight is 209 g/mol. The molecule has 1 aromatic rings. The quantitative estimate of drug-likeness (QED) is 0.707. The van der Waals surface area contributed by atoms with Crippen molar-refractivity contribution in [1.82, 2.24) is 10.3 Å². The molecule has 1 aromatic heterocycles. The lowest BCUT2D eigenvalue weighted by atomic mass is 10.1. The molecule has 0 aliphatic heterocycles. The predicted octanol–water partition coefficient (Wildman–Crippen LogP) is 0.480. The number of pyridine rings is 1. The van der Waals surface area contributed by atoms with Crippen molar-refractivity contribution in [3.63, 3.8) is 0 Å². The van der Waals surface area contributed by atoms with Gasteiger partial charge in [0.05, 0.1) is 17.7 Å². The van der Waals surface area contributed by atoms with E-state index in [2.05, 4.69) is 15.1 Å². The number of nitrogens with two attached hydrogens (primary N) is 1. The Kier molecular flexibility index (Phi) is 3.76. The maximum absolute atomic E-state index is 11.7. The predicted molar refractivity (Wildman–Crippen MR) is 55.9 cm³/mol. The lowest BCUT2D eigenvalue weighted by molar-refractivity contribution is 0.0687. The number of nitrogens with zero attached hydrogens (tertiary/aromatic N) is 1. The van der Waals surface area contributed by atoms with Gasteiger partial charge < -0.3 is 10.2 Å². The second kappa shape index (κ2) is 4.86. The average Bonchev–Trinajstić information content (AvgIpc) is 2.18. The Bertz CT molecular complexity index is 325. The molecule has 0 aliphatic rings. The normalized spacial score (nSPS) is 11.1. The van der Waals surface area contributed by atoms with Gasteiger partial charge in [-0.1, -0.05) is 0 Å². The number of hydrogen-bond donors (Lipinski definition) is 2. The van der Waals surface area contributed by atoms with Crippen LogP contribution in [0.25, 0.3) is 0 Å². The highest BCUT2D eigenvalue weighted by Gasteiger charge is 2.21. The fraction of sp³-hybridized carbons (Fsp3) is 0.400. The molecule has 0 aromatic carbocycles. The fourth-order valence-corrected chi connectivity index (χ4v) is 1.12. The first-order valence-corrected chi connectivity index (χ1v) is 4.59. The number of carbonyl (C=O) groups is 1. The summed E-state index contributed by atoms with van der Waals surface area (Å²) in [6, 6.07) is 3.41. The first-order valence-electron chi connectivity index (χ1n) is 4.59. The summed E-state index contributed by atoms with van der Waals surface area (Å²) >= 11 is 0. The van der Waals surface area contributed by atoms with Crippen molar-refractivity contribution in [2.45, 2.75) is 19.4 Å². The second-order valence-corrected chi connectivity index (χ2v) is 3.89. The van der Waals surface area contributed by atoms with Gasteiger partial charge in [0.1, 0.15) is 0 Å². The van der Waals surface area contributed by atoms with E-state index >= 15 is 0 Å². The number of nitrogens with one attached hydrogen (secondary N) is 1. The molecule has 1 heterocycles. The molecule has 3 N–H and O–H groups in total. The molecule has 5 nitrogen and oxygen atoms in total. The monoisotopic (exact) mass is 209 g/mol. The van der Waals surface area contributed by atoms with Crippen LogP contribution in [0.15, 0.2) is 24.5 Å². The van der Waals surface area contributed by atoms with Crippen molar-refractivity contribution in [3.05, 3.63) is 30.1 Å². The molecule has 5 heteroatoms. The zero-order valence-electron chi connectivity index (χ0n) is 8.86.